The van der Waals surface area contributed by atoms with Gasteiger partial charge in [0, 0.05) is 0 Å². The Kier molecular flexibility index (Phi) is 7.20. The van der Waals surface area contributed by atoms with E-state index in [-0.39, 0.29) is 11.7 Å². The van der Waals surface area contributed by atoms with E-state index in [1.54, 1.807) is 0 Å². The van der Waals surface area contributed by atoms with Crippen LogP contribution in [-0.4, -0.2) is 36.0 Å². The van der Waals surface area contributed by atoms with Gasteiger partial charge in [-0.1, -0.05) is 19.3 Å². The molecule has 108 valence electrons. The fourth-order valence-electron chi connectivity index (χ4n) is 2.49. The SMILES string of the molecule is CC(C)(C)OC[C@H](O)C[NH2+]C1CCCCCCC1. The Morgan fingerprint density at radius 2 is 1.67 bits per heavy atom. The van der Waals surface area contributed by atoms with E-state index in [4.69, 9.17) is 4.74 Å². The molecule has 1 aliphatic carbocycles. The Bertz CT molecular complexity index is 205. The zero-order valence-electron chi connectivity index (χ0n) is 12.5. The van der Waals surface area contributed by atoms with Gasteiger partial charge in [0.05, 0.1) is 18.2 Å². The molecule has 3 heteroatoms. The molecule has 0 unspecified atom stereocenters. The molecule has 1 aliphatic rings. The molecule has 0 saturated heterocycles. The monoisotopic (exact) mass is 258 g/mol. The maximum Gasteiger partial charge on any atom is 0.126 e. The highest BCUT2D eigenvalue weighted by Crippen LogP contribution is 2.15. The molecule has 3 N–H and O–H groups in total. The van der Waals surface area contributed by atoms with Gasteiger partial charge < -0.3 is 15.2 Å². The molecule has 0 amide bonds. The topological polar surface area (TPSA) is 46.1 Å². The van der Waals surface area contributed by atoms with Gasteiger partial charge in [-0.15, -0.1) is 0 Å². The van der Waals surface area contributed by atoms with Gasteiger partial charge >= 0.3 is 0 Å². The number of ether oxygens (including phenoxy) is 1. The minimum atomic E-state index is -0.338. The van der Waals surface area contributed by atoms with Gasteiger partial charge in [-0.3, -0.25) is 0 Å². The Labute approximate surface area is 112 Å². The zero-order valence-corrected chi connectivity index (χ0v) is 12.5. The van der Waals surface area contributed by atoms with E-state index in [0.717, 1.165) is 12.6 Å². The number of aliphatic hydroxyl groups excluding tert-OH is 1. The van der Waals surface area contributed by atoms with Gasteiger partial charge in [-0.25, -0.2) is 0 Å². The first kappa shape index (κ1) is 15.9. The lowest BCUT2D eigenvalue weighted by Crippen LogP contribution is -2.92. The second-order valence-electron chi connectivity index (χ2n) is 6.65. The van der Waals surface area contributed by atoms with Crippen molar-refractivity contribution in [2.45, 2.75) is 83.5 Å². The molecule has 0 bridgehead atoms. The first-order valence-electron chi connectivity index (χ1n) is 7.63. The van der Waals surface area contributed by atoms with Crippen molar-refractivity contribution >= 4 is 0 Å². The quantitative estimate of drug-likeness (QED) is 0.790. The van der Waals surface area contributed by atoms with Crippen LogP contribution in [0.25, 0.3) is 0 Å². The molecule has 0 aromatic carbocycles. The molecule has 18 heavy (non-hydrogen) atoms. The lowest BCUT2D eigenvalue weighted by Gasteiger charge is -2.23. The van der Waals surface area contributed by atoms with Crippen molar-refractivity contribution in [1.82, 2.24) is 0 Å². The van der Waals surface area contributed by atoms with E-state index in [9.17, 15) is 5.11 Å². The first-order valence-corrected chi connectivity index (χ1v) is 7.63. The smallest absolute Gasteiger partial charge is 0.126 e. The second kappa shape index (κ2) is 8.13. The predicted molar refractivity (Wildman–Crippen MR) is 74.6 cm³/mol. The van der Waals surface area contributed by atoms with Crippen LogP contribution in [0, 0.1) is 0 Å². The predicted octanol–water partition coefficient (Wildman–Crippen LogP) is 1.84. The lowest BCUT2D eigenvalue weighted by molar-refractivity contribution is -0.696. The standard InChI is InChI=1S/C15H31NO2/c1-15(2,3)18-12-14(17)11-16-13-9-7-5-4-6-8-10-13/h13-14,16-17H,4-12H2,1-3H3/p+1/t14-/m1/s1. The summed E-state index contributed by atoms with van der Waals surface area (Å²) in [6.45, 7) is 7.31. The van der Waals surface area contributed by atoms with Crippen LogP contribution in [0.3, 0.4) is 0 Å². The molecule has 1 rings (SSSR count). The molecule has 1 atom stereocenters. The van der Waals surface area contributed by atoms with Crippen molar-refractivity contribution in [2.75, 3.05) is 13.2 Å². The minimum absolute atomic E-state index is 0.152. The molecular weight excluding hydrogens is 226 g/mol. The molecule has 3 nitrogen and oxygen atoms in total. The summed E-state index contributed by atoms with van der Waals surface area (Å²) in [5.74, 6) is 0. The maximum atomic E-state index is 9.91. The van der Waals surface area contributed by atoms with Crippen molar-refractivity contribution in [2.24, 2.45) is 0 Å². The lowest BCUT2D eigenvalue weighted by atomic mass is 9.96. The summed E-state index contributed by atoms with van der Waals surface area (Å²) in [5.41, 5.74) is -0.152. The van der Waals surface area contributed by atoms with Crippen molar-refractivity contribution in [3.8, 4) is 0 Å². The van der Waals surface area contributed by atoms with E-state index in [1.165, 1.54) is 44.9 Å². The van der Waals surface area contributed by atoms with Gasteiger partial charge in [0.15, 0.2) is 0 Å². The summed E-state index contributed by atoms with van der Waals surface area (Å²) in [7, 11) is 0. The number of quaternary nitrogens is 1. The van der Waals surface area contributed by atoms with Crippen LogP contribution < -0.4 is 5.32 Å². The Morgan fingerprint density at radius 3 is 2.22 bits per heavy atom. The molecule has 0 aromatic heterocycles. The average Bonchev–Trinajstić information content (AvgIpc) is 2.24. The molecule has 1 fully saturated rings. The summed E-state index contributed by atoms with van der Waals surface area (Å²) < 4.78 is 5.61. The maximum absolute atomic E-state index is 9.91. The van der Waals surface area contributed by atoms with Crippen molar-refractivity contribution in [3.63, 3.8) is 0 Å². The summed E-state index contributed by atoms with van der Waals surface area (Å²) in [6.07, 6.45) is 9.19. The van der Waals surface area contributed by atoms with E-state index in [0.29, 0.717) is 6.61 Å². The number of rotatable bonds is 5. The van der Waals surface area contributed by atoms with Crippen LogP contribution in [0.1, 0.15) is 65.7 Å². The molecule has 0 radical (unpaired) electrons. The fourth-order valence-corrected chi connectivity index (χ4v) is 2.49. The van der Waals surface area contributed by atoms with Gasteiger partial charge in [0.1, 0.15) is 12.6 Å². The highest BCUT2D eigenvalue weighted by atomic mass is 16.5. The third-order valence-corrected chi connectivity index (χ3v) is 3.60. The zero-order chi connectivity index (χ0) is 13.4. The molecule has 1 saturated carbocycles. The number of hydrogen-bond donors (Lipinski definition) is 2. The molecule has 0 aromatic rings. The Hall–Kier alpha value is -0.120. The third kappa shape index (κ3) is 8.06. The average molecular weight is 258 g/mol. The minimum Gasteiger partial charge on any atom is -0.385 e. The number of hydrogen-bond acceptors (Lipinski definition) is 2. The summed E-state index contributed by atoms with van der Waals surface area (Å²) in [5, 5.41) is 12.2. The van der Waals surface area contributed by atoms with E-state index < -0.39 is 0 Å². The summed E-state index contributed by atoms with van der Waals surface area (Å²) in [6, 6.07) is 0.717. The molecule has 0 heterocycles. The fraction of sp³-hybridized carbons (Fsp3) is 1.00. The highest BCUT2D eigenvalue weighted by Gasteiger charge is 2.18. The van der Waals surface area contributed by atoms with Gasteiger partial charge in [0.2, 0.25) is 0 Å². The van der Waals surface area contributed by atoms with E-state index >= 15 is 0 Å². The number of nitrogens with two attached hydrogens (primary N) is 1. The molecule has 0 aliphatic heterocycles. The second-order valence-corrected chi connectivity index (χ2v) is 6.65. The summed E-state index contributed by atoms with van der Waals surface area (Å²) in [4.78, 5) is 0. The van der Waals surface area contributed by atoms with Gasteiger partial charge in [0.25, 0.3) is 0 Å². The van der Waals surface area contributed by atoms with Crippen LogP contribution in [0.15, 0.2) is 0 Å². The third-order valence-electron chi connectivity index (χ3n) is 3.60. The molecule has 0 spiro atoms. The van der Waals surface area contributed by atoms with E-state index in [2.05, 4.69) is 5.32 Å². The van der Waals surface area contributed by atoms with Crippen molar-refractivity contribution < 1.29 is 15.2 Å². The van der Waals surface area contributed by atoms with Crippen molar-refractivity contribution in [1.29, 1.82) is 0 Å². The Balaban J connectivity index is 2.13. The largest absolute Gasteiger partial charge is 0.385 e. The highest BCUT2D eigenvalue weighted by molar-refractivity contribution is 4.63. The van der Waals surface area contributed by atoms with Crippen LogP contribution in [0.4, 0.5) is 0 Å². The van der Waals surface area contributed by atoms with Crippen LogP contribution in [-0.2, 0) is 4.74 Å². The summed E-state index contributed by atoms with van der Waals surface area (Å²) >= 11 is 0. The Morgan fingerprint density at radius 1 is 1.11 bits per heavy atom. The molecular formula is C15H32NO2+. The van der Waals surface area contributed by atoms with Crippen LogP contribution in [0.5, 0.6) is 0 Å². The van der Waals surface area contributed by atoms with Crippen molar-refractivity contribution in [3.05, 3.63) is 0 Å². The van der Waals surface area contributed by atoms with E-state index in [1.807, 2.05) is 20.8 Å². The van der Waals surface area contributed by atoms with Gasteiger partial charge in [-0.05, 0) is 46.5 Å². The normalized spacial score (nSPS) is 21.3. The van der Waals surface area contributed by atoms with Gasteiger partial charge in [-0.2, -0.15) is 0 Å². The number of aliphatic hydroxyl groups is 1. The first-order chi connectivity index (χ1) is 8.47. The van der Waals surface area contributed by atoms with Crippen LogP contribution >= 0.6 is 0 Å². The van der Waals surface area contributed by atoms with Crippen LogP contribution in [0.2, 0.25) is 0 Å².